The van der Waals surface area contributed by atoms with Gasteiger partial charge >= 0.3 is 5.97 Å². The third-order valence-electron chi connectivity index (χ3n) is 7.10. The van der Waals surface area contributed by atoms with Gasteiger partial charge in [-0.1, -0.05) is 44.2 Å². The number of carbonyl (C=O) groups is 2. The Morgan fingerprint density at radius 3 is 2.22 bits per heavy atom. The van der Waals surface area contributed by atoms with Crippen LogP contribution in [0.15, 0.2) is 42.5 Å². The van der Waals surface area contributed by atoms with Crippen LogP contribution in [0.25, 0.3) is 11.0 Å². The van der Waals surface area contributed by atoms with E-state index in [1.54, 1.807) is 18.2 Å². The summed E-state index contributed by atoms with van der Waals surface area (Å²) in [4.78, 5) is 29.1. The van der Waals surface area contributed by atoms with Gasteiger partial charge in [-0.25, -0.2) is 9.78 Å². The number of hydrogen-bond donors (Lipinski definition) is 2. The Morgan fingerprint density at radius 1 is 0.875 bits per heavy atom. The summed E-state index contributed by atoms with van der Waals surface area (Å²) in [6, 6.07) is 13.2. The van der Waals surface area contributed by atoms with Crippen LogP contribution < -0.4 is 5.32 Å². The lowest BCUT2D eigenvalue weighted by atomic mass is 9.84. The average Bonchev–Trinajstić information content (AvgIpc) is 3.46. The summed E-state index contributed by atoms with van der Waals surface area (Å²) in [7, 11) is 0. The smallest absolute Gasteiger partial charge is 0.335 e. The summed E-state index contributed by atoms with van der Waals surface area (Å²) in [5, 5.41) is 12.3. The van der Waals surface area contributed by atoms with Crippen molar-refractivity contribution in [1.82, 2.24) is 9.55 Å². The van der Waals surface area contributed by atoms with Gasteiger partial charge in [-0.05, 0) is 67.5 Å². The fraction of sp³-hybridized carbons (Fsp3) is 0.423. The number of benzene rings is 2. The van der Waals surface area contributed by atoms with Gasteiger partial charge in [0.15, 0.2) is 0 Å². The van der Waals surface area contributed by atoms with Gasteiger partial charge in [0.1, 0.15) is 0 Å². The lowest BCUT2D eigenvalue weighted by Crippen LogP contribution is -2.18. The molecule has 2 aromatic carbocycles. The zero-order chi connectivity index (χ0) is 22.1. The number of aromatic carboxylic acids is 1. The monoisotopic (exact) mass is 431 g/mol. The van der Waals surface area contributed by atoms with Crippen LogP contribution in [0.3, 0.4) is 0 Å². The minimum absolute atomic E-state index is 0.187. The molecular weight excluding hydrogens is 402 g/mol. The minimum atomic E-state index is -0.981. The second-order valence-corrected chi connectivity index (χ2v) is 9.16. The zero-order valence-electron chi connectivity index (χ0n) is 18.2. The van der Waals surface area contributed by atoms with E-state index in [9.17, 15) is 14.7 Å². The van der Waals surface area contributed by atoms with Crippen molar-refractivity contribution in [1.29, 1.82) is 0 Å². The normalized spacial score (nSPS) is 17.6. The number of nitrogens with zero attached hydrogens (tertiary/aromatic N) is 2. The Kier molecular flexibility index (Phi) is 5.68. The van der Waals surface area contributed by atoms with Crippen LogP contribution in [0.5, 0.6) is 0 Å². The lowest BCUT2D eigenvalue weighted by Gasteiger charge is -2.22. The van der Waals surface area contributed by atoms with Crippen molar-refractivity contribution in [3.8, 4) is 0 Å². The molecule has 1 heterocycles. The van der Waals surface area contributed by atoms with E-state index in [1.165, 1.54) is 37.7 Å². The Balaban J connectivity index is 1.42. The van der Waals surface area contributed by atoms with Crippen LogP contribution in [-0.2, 0) is 0 Å². The molecule has 6 heteroatoms. The van der Waals surface area contributed by atoms with Gasteiger partial charge in [-0.2, -0.15) is 0 Å². The van der Waals surface area contributed by atoms with Crippen molar-refractivity contribution in [3.63, 3.8) is 0 Å². The van der Waals surface area contributed by atoms with E-state index in [-0.39, 0.29) is 17.5 Å². The van der Waals surface area contributed by atoms with Crippen molar-refractivity contribution >= 4 is 28.9 Å². The molecule has 0 saturated heterocycles. The second-order valence-electron chi connectivity index (χ2n) is 9.16. The van der Waals surface area contributed by atoms with Gasteiger partial charge in [0.25, 0.3) is 5.91 Å². The molecule has 2 N–H and O–H groups in total. The van der Waals surface area contributed by atoms with Crippen LogP contribution in [0, 0.1) is 0 Å². The predicted octanol–water partition coefficient (Wildman–Crippen LogP) is 6.15. The topological polar surface area (TPSA) is 84.2 Å². The maximum Gasteiger partial charge on any atom is 0.335 e. The molecule has 32 heavy (non-hydrogen) atoms. The van der Waals surface area contributed by atoms with Crippen molar-refractivity contribution in [2.45, 2.75) is 69.7 Å². The van der Waals surface area contributed by atoms with Gasteiger partial charge in [0.2, 0.25) is 5.95 Å². The van der Waals surface area contributed by atoms with Crippen LogP contribution >= 0.6 is 0 Å². The minimum Gasteiger partial charge on any atom is -0.478 e. The highest BCUT2D eigenvalue weighted by molar-refractivity contribution is 6.04. The number of fused-ring (bicyclic) bond motifs is 1. The van der Waals surface area contributed by atoms with Crippen LogP contribution in [0.1, 0.15) is 96.0 Å². The number of hydrogen-bond acceptors (Lipinski definition) is 3. The highest BCUT2D eigenvalue weighted by Crippen LogP contribution is 2.36. The number of imidazole rings is 1. The molecule has 5 rings (SSSR count). The molecule has 2 saturated carbocycles. The van der Waals surface area contributed by atoms with Gasteiger partial charge in [-0.3, -0.25) is 10.1 Å². The summed E-state index contributed by atoms with van der Waals surface area (Å²) in [6.45, 7) is 0. The fourth-order valence-corrected chi connectivity index (χ4v) is 5.37. The first kappa shape index (κ1) is 20.7. The first-order valence-corrected chi connectivity index (χ1v) is 11.8. The SMILES string of the molecule is O=C(O)c1ccc2c(c1)nc(NC(=O)c1ccc(C3CCCCC3)cc1)n2C1CCCC1. The molecule has 0 radical (unpaired) electrons. The maximum absolute atomic E-state index is 13.1. The number of carbonyl (C=O) groups excluding carboxylic acids is 1. The van der Waals surface area contributed by atoms with Crippen molar-refractivity contribution < 1.29 is 14.7 Å². The van der Waals surface area contributed by atoms with Crippen LogP contribution in [-0.4, -0.2) is 26.5 Å². The Morgan fingerprint density at radius 2 is 1.53 bits per heavy atom. The number of amides is 1. The van der Waals surface area contributed by atoms with Crippen molar-refractivity contribution in [2.75, 3.05) is 5.32 Å². The first-order valence-electron chi connectivity index (χ1n) is 11.8. The summed E-state index contributed by atoms with van der Waals surface area (Å²) in [5.74, 6) is -0.0641. The molecule has 0 bridgehead atoms. The lowest BCUT2D eigenvalue weighted by molar-refractivity contribution is 0.0696. The molecule has 0 unspecified atom stereocenters. The van der Waals surface area contributed by atoms with E-state index in [4.69, 9.17) is 0 Å². The van der Waals surface area contributed by atoms with E-state index >= 15 is 0 Å². The molecule has 0 aliphatic heterocycles. The molecular formula is C26H29N3O3. The maximum atomic E-state index is 13.1. The van der Waals surface area contributed by atoms with E-state index in [0.717, 1.165) is 31.2 Å². The first-order chi connectivity index (χ1) is 15.6. The molecule has 2 aliphatic carbocycles. The summed E-state index contributed by atoms with van der Waals surface area (Å²) in [5.41, 5.74) is 3.59. The summed E-state index contributed by atoms with van der Waals surface area (Å²) < 4.78 is 2.09. The third-order valence-corrected chi connectivity index (χ3v) is 7.10. The van der Waals surface area contributed by atoms with Gasteiger partial charge in [0.05, 0.1) is 16.6 Å². The molecule has 1 aromatic heterocycles. The number of aromatic nitrogens is 2. The number of rotatable bonds is 5. The van der Waals surface area contributed by atoms with E-state index in [1.807, 2.05) is 12.1 Å². The Hall–Kier alpha value is -3.15. The van der Waals surface area contributed by atoms with Crippen LogP contribution in [0.2, 0.25) is 0 Å². The summed E-state index contributed by atoms with van der Waals surface area (Å²) >= 11 is 0. The number of carboxylic acid groups (broad SMARTS) is 1. The van der Waals surface area contributed by atoms with E-state index < -0.39 is 5.97 Å². The Bertz CT molecular complexity index is 1140. The Labute approximate surface area is 187 Å². The number of carboxylic acids is 1. The highest BCUT2D eigenvalue weighted by atomic mass is 16.4. The predicted molar refractivity (Wildman–Crippen MR) is 124 cm³/mol. The summed E-state index contributed by atoms with van der Waals surface area (Å²) in [6.07, 6.45) is 10.7. The zero-order valence-corrected chi connectivity index (χ0v) is 18.2. The molecule has 166 valence electrons. The molecule has 2 aliphatic rings. The highest BCUT2D eigenvalue weighted by Gasteiger charge is 2.24. The average molecular weight is 432 g/mol. The molecule has 3 aromatic rings. The van der Waals surface area contributed by atoms with Crippen molar-refractivity contribution in [2.24, 2.45) is 0 Å². The molecule has 1 amide bonds. The fourth-order valence-electron chi connectivity index (χ4n) is 5.37. The number of nitrogens with one attached hydrogen (secondary N) is 1. The largest absolute Gasteiger partial charge is 0.478 e. The molecule has 6 nitrogen and oxygen atoms in total. The third kappa shape index (κ3) is 4.01. The number of anilines is 1. The standard InChI is InChI=1S/C26H29N3O3/c30-24(19-12-10-18(11-13-19)17-6-2-1-3-7-17)28-26-27-22-16-20(25(31)32)14-15-23(22)29(26)21-8-4-5-9-21/h10-17,21H,1-9H2,(H,31,32)(H,27,28,30). The van der Waals surface area contributed by atoms with Gasteiger partial charge in [-0.15, -0.1) is 0 Å². The second kappa shape index (κ2) is 8.77. The van der Waals surface area contributed by atoms with E-state index in [2.05, 4.69) is 27.0 Å². The van der Waals surface area contributed by atoms with Gasteiger partial charge in [0, 0.05) is 11.6 Å². The van der Waals surface area contributed by atoms with Crippen molar-refractivity contribution in [3.05, 3.63) is 59.2 Å². The molecule has 0 spiro atoms. The van der Waals surface area contributed by atoms with Gasteiger partial charge < -0.3 is 9.67 Å². The quantitative estimate of drug-likeness (QED) is 0.507. The molecule has 0 atom stereocenters. The van der Waals surface area contributed by atoms with Crippen LogP contribution in [0.4, 0.5) is 5.95 Å². The van der Waals surface area contributed by atoms with E-state index in [0.29, 0.717) is 22.9 Å². The molecule has 2 fully saturated rings.